The Balaban J connectivity index is 5.51. The molecule has 2 nitrogen and oxygen atoms in total. The number of alkyl halides is 9. The highest BCUT2D eigenvalue weighted by molar-refractivity contribution is 6.68. The zero-order valence-electron chi connectivity index (χ0n) is 11.1. The SMILES string of the molecule is CO[Si](C)(OC)C(F)(F)C(F)(F)C(F)(F)CCC(F)(F)F. The van der Waals surface area contributed by atoms with Gasteiger partial charge in [0.15, 0.2) is 0 Å². The average Bonchev–Trinajstić information content (AvgIpc) is 2.34. The molecular weight excluding hydrogens is 339 g/mol. The molecule has 0 radical (unpaired) electrons. The van der Waals surface area contributed by atoms with Crippen LogP contribution in [0.4, 0.5) is 39.5 Å². The minimum Gasteiger partial charge on any atom is -0.394 e. The molecule has 0 aromatic rings. The van der Waals surface area contributed by atoms with Crippen LogP contribution in [0.25, 0.3) is 0 Å². The minimum atomic E-state index is -6.06. The Kier molecular flexibility index (Phi) is 5.81. The Morgan fingerprint density at radius 3 is 1.43 bits per heavy atom. The van der Waals surface area contributed by atoms with Gasteiger partial charge in [-0.25, -0.2) is 0 Å². The summed E-state index contributed by atoms with van der Waals surface area (Å²) >= 11 is 0. The molecule has 0 saturated heterocycles. The van der Waals surface area contributed by atoms with Crippen LogP contribution in [0.5, 0.6) is 0 Å². The molecule has 0 heterocycles. The van der Waals surface area contributed by atoms with Gasteiger partial charge in [-0.1, -0.05) is 0 Å². The highest BCUT2D eigenvalue weighted by Crippen LogP contribution is 2.52. The highest BCUT2D eigenvalue weighted by atomic mass is 28.4. The lowest BCUT2D eigenvalue weighted by Crippen LogP contribution is -2.68. The van der Waals surface area contributed by atoms with Gasteiger partial charge in [0.2, 0.25) is 0 Å². The van der Waals surface area contributed by atoms with Crippen LogP contribution in [-0.4, -0.2) is 46.3 Å². The van der Waals surface area contributed by atoms with Crippen molar-refractivity contribution in [2.45, 2.75) is 43.0 Å². The molecule has 0 aromatic carbocycles. The molecule has 0 fully saturated rings. The molecule has 0 bridgehead atoms. The van der Waals surface area contributed by atoms with Gasteiger partial charge in [0, 0.05) is 27.1 Å². The maximum atomic E-state index is 13.7. The van der Waals surface area contributed by atoms with E-state index < -0.39 is 45.0 Å². The van der Waals surface area contributed by atoms with Crippen LogP contribution in [0.1, 0.15) is 12.8 Å². The van der Waals surface area contributed by atoms with Crippen molar-refractivity contribution in [1.29, 1.82) is 0 Å². The lowest BCUT2D eigenvalue weighted by molar-refractivity contribution is -0.298. The largest absolute Gasteiger partial charge is 0.418 e. The third kappa shape index (κ3) is 3.83. The Morgan fingerprint density at radius 1 is 0.762 bits per heavy atom. The van der Waals surface area contributed by atoms with Gasteiger partial charge in [-0.2, -0.15) is 39.5 Å². The second-order valence-electron chi connectivity index (χ2n) is 4.32. The average molecular weight is 352 g/mol. The Labute approximate surface area is 115 Å². The summed E-state index contributed by atoms with van der Waals surface area (Å²) in [5.74, 6) is -11.6. The monoisotopic (exact) mass is 352 g/mol. The van der Waals surface area contributed by atoms with E-state index in [0.717, 1.165) is 0 Å². The second kappa shape index (κ2) is 5.95. The van der Waals surface area contributed by atoms with Crippen molar-refractivity contribution in [2.24, 2.45) is 0 Å². The highest BCUT2D eigenvalue weighted by Gasteiger charge is 2.79. The van der Waals surface area contributed by atoms with E-state index in [1.807, 2.05) is 0 Å². The van der Waals surface area contributed by atoms with E-state index in [0.29, 0.717) is 20.8 Å². The number of rotatable bonds is 7. The van der Waals surface area contributed by atoms with E-state index in [4.69, 9.17) is 0 Å². The standard InChI is InChI=1S/C9H13F9O2Si/c1-19-21(3,20-2)9(17,18)8(15,16)6(10,11)4-5-7(12,13)14/h4-5H2,1-3H3. The fraction of sp³-hybridized carbons (Fsp3) is 1.00. The molecule has 0 aliphatic rings. The summed E-state index contributed by atoms with van der Waals surface area (Å²) in [5.41, 5.74) is -5.45. The summed E-state index contributed by atoms with van der Waals surface area (Å²) in [7, 11) is -3.96. The molecule has 0 saturated carbocycles. The zero-order chi connectivity index (χ0) is 17.3. The van der Waals surface area contributed by atoms with Gasteiger partial charge in [0.1, 0.15) is 0 Å². The predicted octanol–water partition coefficient (Wildman–Crippen LogP) is 4.14. The molecule has 0 aliphatic heterocycles. The molecule has 12 heteroatoms. The molecule has 21 heavy (non-hydrogen) atoms. The first kappa shape index (κ1) is 20.5. The fourth-order valence-corrected chi connectivity index (χ4v) is 2.74. The minimum absolute atomic E-state index is 0.404. The molecule has 0 spiro atoms. The maximum Gasteiger partial charge on any atom is 0.418 e. The molecule has 0 N–H and O–H groups in total. The van der Waals surface area contributed by atoms with Crippen molar-refractivity contribution in [2.75, 3.05) is 14.2 Å². The van der Waals surface area contributed by atoms with Gasteiger partial charge >= 0.3 is 32.1 Å². The van der Waals surface area contributed by atoms with Crippen molar-refractivity contribution in [1.82, 2.24) is 0 Å². The van der Waals surface area contributed by atoms with Crippen LogP contribution in [0.15, 0.2) is 0 Å². The van der Waals surface area contributed by atoms with E-state index in [-0.39, 0.29) is 0 Å². The Bertz CT molecular complexity index is 352. The lowest BCUT2D eigenvalue weighted by Gasteiger charge is -2.39. The van der Waals surface area contributed by atoms with Gasteiger partial charge in [-0.3, -0.25) is 0 Å². The lowest BCUT2D eigenvalue weighted by atomic mass is 10.1. The molecule has 0 amide bonds. The van der Waals surface area contributed by atoms with E-state index >= 15 is 0 Å². The van der Waals surface area contributed by atoms with Crippen LogP contribution >= 0.6 is 0 Å². The van der Waals surface area contributed by atoms with Crippen LogP contribution < -0.4 is 0 Å². The maximum absolute atomic E-state index is 13.7. The predicted molar refractivity (Wildman–Crippen MR) is 55.8 cm³/mol. The van der Waals surface area contributed by atoms with E-state index in [1.165, 1.54) is 0 Å². The van der Waals surface area contributed by atoms with Gasteiger partial charge in [-0.05, 0) is 6.55 Å². The molecule has 0 atom stereocenters. The van der Waals surface area contributed by atoms with E-state index in [9.17, 15) is 39.5 Å². The van der Waals surface area contributed by atoms with Gasteiger partial charge in [0.25, 0.3) is 0 Å². The smallest absolute Gasteiger partial charge is 0.394 e. The fourth-order valence-electron chi connectivity index (χ4n) is 1.31. The first-order valence-corrected chi connectivity index (χ1v) is 7.70. The topological polar surface area (TPSA) is 18.5 Å². The molecule has 0 aromatic heterocycles. The number of hydrogen-bond acceptors (Lipinski definition) is 2. The molecule has 128 valence electrons. The number of halogens is 9. The van der Waals surface area contributed by atoms with E-state index in [2.05, 4.69) is 8.85 Å². The third-order valence-electron chi connectivity index (χ3n) is 2.93. The summed E-state index contributed by atoms with van der Waals surface area (Å²) in [6.07, 6.45) is -9.99. The van der Waals surface area contributed by atoms with Crippen LogP contribution in [-0.2, 0) is 8.85 Å². The molecular formula is C9H13F9O2Si. The summed E-state index contributed by atoms with van der Waals surface area (Å²) in [6.45, 7) is 0.404. The Morgan fingerprint density at radius 2 is 1.14 bits per heavy atom. The zero-order valence-corrected chi connectivity index (χ0v) is 12.1. The summed E-state index contributed by atoms with van der Waals surface area (Å²) in [5, 5.41) is 0. The van der Waals surface area contributed by atoms with E-state index in [1.54, 1.807) is 0 Å². The summed E-state index contributed by atoms with van der Waals surface area (Å²) in [6, 6.07) is 0. The normalized spacial score (nSPS) is 15.4. The first-order chi connectivity index (χ1) is 9.08. The molecule has 0 aliphatic carbocycles. The van der Waals surface area contributed by atoms with Crippen molar-refractivity contribution >= 4 is 8.56 Å². The van der Waals surface area contributed by atoms with Crippen molar-refractivity contribution in [3.8, 4) is 0 Å². The van der Waals surface area contributed by atoms with Crippen LogP contribution in [0.2, 0.25) is 6.55 Å². The second-order valence-corrected chi connectivity index (χ2v) is 7.66. The summed E-state index contributed by atoms with van der Waals surface area (Å²) in [4.78, 5) is 0. The van der Waals surface area contributed by atoms with Gasteiger partial charge in [0.05, 0.1) is 0 Å². The van der Waals surface area contributed by atoms with Gasteiger partial charge < -0.3 is 8.85 Å². The quantitative estimate of drug-likeness (QED) is 0.507. The Hall–Kier alpha value is -0.493. The first-order valence-electron chi connectivity index (χ1n) is 5.38. The third-order valence-corrected chi connectivity index (χ3v) is 5.94. The van der Waals surface area contributed by atoms with Crippen molar-refractivity contribution < 1.29 is 48.4 Å². The summed E-state index contributed by atoms with van der Waals surface area (Å²) < 4.78 is 124. The number of hydrogen-bond donors (Lipinski definition) is 0. The molecule has 0 unspecified atom stereocenters. The van der Waals surface area contributed by atoms with Crippen molar-refractivity contribution in [3.63, 3.8) is 0 Å². The van der Waals surface area contributed by atoms with Crippen molar-refractivity contribution in [3.05, 3.63) is 0 Å². The van der Waals surface area contributed by atoms with Crippen LogP contribution in [0, 0.1) is 0 Å². The molecule has 0 rings (SSSR count). The van der Waals surface area contributed by atoms with Gasteiger partial charge in [-0.15, -0.1) is 0 Å². The van der Waals surface area contributed by atoms with Crippen LogP contribution in [0.3, 0.4) is 0 Å².